The number of halogens is 7. The Kier molecular flexibility index (Phi) is 7.24. The van der Waals surface area contributed by atoms with Crippen LogP contribution in [-0.4, -0.2) is 52.1 Å². The Morgan fingerprint density at radius 2 is 1.71 bits per heavy atom. The third-order valence-electron chi connectivity index (χ3n) is 7.60. The van der Waals surface area contributed by atoms with Crippen molar-refractivity contribution in [1.82, 2.24) is 15.6 Å². The summed E-state index contributed by atoms with van der Waals surface area (Å²) in [6.07, 6.45) is 1.48. The van der Waals surface area contributed by atoms with Crippen molar-refractivity contribution in [3.05, 3.63) is 54.4 Å². The highest BCUT2D eigenvalue weighted by Gasteiger charge is 2.65. The van der Waals surface area contributed by atoms with Crippen molar-refractivity contribution >= 4 is 27.7 Å². The van der Waals surface area contributed by atoms with E-state index in [1.54, 1.807) is 0 Å². The Bertz CT molecular complexity index is 1300. The van der Waals surface area contributed by atoms with Crippen LogP contribution in [0.15, 0.2) is 53.7 Å². The van der Waals surface area contributed by atoms with Crippen LogP contribution in [0.3, 0.4) is 0 Å². The first-order valence-electron chi connectivity index (χ1n) is 12.8. The largest absolute Gasteiger partial charge is 0.389 e. The van der Waals surface area contributed by atoms with E-state index in [-0.39, 0.29) is 49.2 Å². The third kappa shape index (κ3) is 6.78. The van der Waals surface area contributed by atoms with Crippen molar-refractivity contribution < 1.29 is 42.9 Å². The summed E-state index contributed by atoms with van der Waals surface area (Å²) < 4.78 is 94.8. The highest BCUT2D eigenvalue weighted by atomic mass is 32.5. The van der Waals surface area contributed by atoms with Crippen LogP contribution in [0.2, 0.25) is 0 Å². The molecule has 1 aromatic carbocycles. The van der Waals surface area contributed by atoms with Gasteiger partial charge in [-0.1, -0.05) is 25.5 Å². The molecular formula is C26H31F7N4O3S. The Balaban J connectivity index is 1.82. The molecule has 3 atom stereocenters. The number of nitrogens with one attached hydrogen (secondary N) is 2. The SMILES string of the molecule is CC(C(=O)NC1CCC(F)(F)CC1)(c1cccnc1)N(C(=O)[C@H]1C[C@@](C)(O)CN1)c1ccc(S(F)(F)(F)(F)F)cc1. The number of rotatable bonds is 7. The molecule has 0 radical (unpaired) electrons. The van der Waals surface area contributed by atoms with Gasteiger partial charge in [0.2, 0.25) is 11.8 Å². The van der Waals surface area contributed by atoms with Crippen molar-refractivity contribution in [2.75, 3.05) is 11.4 Å². The summed E-state index contributed by atoms with van der Waals surface area (Å²) in [5, 5.41) is 16.0. The van der Waals surface area contributed by atoms with Crippen LogP contribution in [-0.2, 0) is 15.1 Å². The maximum Gasteiger partial charge on any atom is 0.310 e. The van der Waals surface area contributed by atoms with E-state index in [4.69, 9.17) is 0 Å². The average molecular weight is 613 g/mol. The van der Waals surface area contributed by atoms with E-state index in [9.17, 15) is 42.9 Å². The van der Waals surface area contributed by atoms with E-state index >= 15 is 0 Å². The lowest BCUT2D eigenvalue weighted by molar-refractivity contribution is -0.132. The van der Waals surface area contributed by atoms with Crippen LogP contribution in [0, 0.1) is 0 Å². The zero-order valence-electron chi connectivity index (χ0n) is 22.2. The molecule has 2 aromatic rings. The van der Waals surface area contributed by atoms with Gasteiger partial charge in [0, 0.05) is 55.5 Å². The molecule has 1 saturated carbocycles. The number of aromatic nitrogens is 1. The average Bonchev–Trinajstić information content (AvgIpc) is 3.24. The van der Waals surface area contributed by atoms with Gasteiger partial charge >= 0.3 is 10.2 Å². The molecule has 1 unspecified atom stereocenters. The zero-order valence-corrected chi connectivity index (χ0v) is 23.0. The van der Waals surface area contributed by atoms with Gasteiger partial charge in [-0.25, -0.2) is 8.78 Å². The lowest BCUT2D eigenvalue weighted by atomic mass is 9.86. The molecule has 228 valence electrons. The first-order chi connectivity index (χ1) is 18.6. The number of anilines is 1. The summed E-state index contributed by atoms with van der Waals surface area (Å²) in [6.45, 7) is 2.76. The molecule has 7 nitrogen and oxygen atoms in total. The van der Waals surface area contributed by atoms with Gasteiger partial charge in [-0.15, -0.1) is 0 Å². The number of amides is 2. The van der Waals surface area contributed by atoms with E-state index in [0.29, 0.717) is 12.1 Å². The number of carbonyl (C=O) groups excluding carboxylic acids is 2. The molecule has 41 heavy (non-hydrogen) atoms. The van der Waals surface area contributed by atoms with Crippen LogP contribution in [0.4, 0.5) is 33.9 Å². The number of hydrogen-bond donors (Lipinski definition) is 3. The third-order valence-corrected chi connectivity index (χ3v) is 8.76. The van der Waals surface area contributed by atoms with Crippen molar-refractivity contribution in [3.63, 3.8) is 0 Å². The minimum atomic E-state index is -10.1. The molecule has 4 rings (SSSR count). The van der Waals surface area contributed by atoms with Crippen molar-refractivity contribution in [3.8, 4) is 0 Å². The molecule has 3 N–H and O–H groups in total. The Morgan fingerprint density at radius 3 is 2.20 bits per heavy atom. The van der Waals surface area contributed by atoms with Gasteiger partial charge in [-0.2, -0.15) is 0 Å². The van der Waals surface area contributed by atoms with E-state index in [0.717, 1.165) is 4.90 Å². The van der Waals surface area contributed by atoms with Gasteiger partial charge in [0.05, 0.1) is 11.6 Å². The molecule has 1 saturated heterocycles. The maximum absolute atomic E-state index is 14.0. The molecule has 2 amide bonds. The second-order valence-electron chi connectivity index (χ2n) is 11.2. The van der Waals surface area contributed by atoms with Crippen LogP contribution in [0.5, 0.6) is 0 Å². The molecule has 0 spiro atoms. The lowest BCUT2D eigenvalue weighted by Gasteiger charge is -2.43. The monoisotopic (exact) mass is 612 g/mol. The predicted octanol–water partition coefficient (Wildman–Crippen LogP) is 5.79. The van der Waals surface area contributed by atoms with E-state index in [1.165, 1.54) is 38.4 Å². The molecular weight excluding hydrogens is 581 g/mol. The van der Waals surface area contributed by atoms with E-state index < -0.39 is 68.9 Å². The molecule has 0 bridgehead atoms. The highest BCUT2D eigenvalue weighted by Crippen LogP contribution is 3.02. The van der Waals surface area contributed by atoms with Crippen molar-refractivity contribution in [2.24, 2.45) is 0 Å². The molecule has 1 aliphatic carbocycles. The number of aliphatic hydroxyl groups is 1. The minimum absolute atomic E-state index is 0.00745. The number of β-amino-alcohol motifs (C(OH)–C–C–N with tert-alkyl or cyclic N) is 1. The number of pyridine rings is 1. The normalized spacial score (nSPS) is 26.3. The first kappa shape index (κ1) is 31.0. The van der Waals surface area contributed by atoms with E-state index in [2.05, 4.69) is 15.6 Å². The summed E-state index contributed by atoms with van der Waals surface area (Å²) in [5.74, 6) is -4.55. The van der Waals surface area contributed by atoms with Gasteiger partial charge < -0.3 is 15.7 Å². The smallest absolute Gasteiger partial charge is 0.310 e. The molecule has 1 aliphatic heterocycles. The van der Waals surface area contributed by atoms with Crippen LogP contribution in [0.25, 0.3) is 0 Å². The Labute approximate surface area is 232 Å². The van der Waals surface area contributed by atoms with Crippen molar-refractivity contribution in [2.45, 2.75) is 80.0 Å². The zero-order chi connectivity index (χ0) is 30.5. The van der Waals surface area contributed by atoms with Gasteiger partial charge in [0.15, 0.2) is 5.54 Å². The maximum atomic E-state index is 14.0. The lowest BCUT2D eigenvalue weighted by Crippen LogP contribution is -2.61. The van der Waals surface area contributed by atoms with Gasteiger partial charge in [0.25, 0.3) is 5.91 Å². The molecule has 2 fully saturated rings. The van der Waals surface area contributed by atoms with Gasteiger partial charge in [-0.05, 0) is 57.0 Å². The Hall–Kier alpha value is -2.91. The van der Waals surface area contributed by atoms with Crippen molar-refractivity contribution in [1.29, 1.82) is 0 Å². The molecule has 2 aliphatic rings. The second kappa shape index (κ2) is 9.56. The fourth-order valence-corrected chi connectivity index (χ4v) is 5.89. The fraction of sp³-hybridized carbons (Fsp3) is 0.500. The molecule has 2 heterocycles. The van der Waals surface area contributed by atoms with Crippen LogP contribution >= 0.6 is 10.2 Å². The Morgan fingerprint density at radius 1 is 1.10 bits per heavy atom. The number of benzene rings is 1. The number of hydrogen-bond acceptors (Lipinski definition) is 5. The van der Waals surface area contributed by atoms with Crippen LogP contribution in [0.1, 0.15) is 51.5 Å². The standard InChI is InChI=1S/C26H31F7N4O3S/c1-24(40)14-21(35-16-24)22(38)37(19-5-7-20(8-6-19)41(29,30,31,32)33)25(2,17-4-3-13-34-15-17)23(39)36-18-9-11-26(27,28)12-10-18/h3-8,13,15,18,21,35,40H,9-12,14,16H2,1-2H3,(H,36,39)/t21-,24-,25?/m1/s1. The summed E-state index contributed by atoms with van der Waals surface area (Å²) in [6, 6.07) is 2.74. The van der Waals surface area contributed by atoms with Crippen LogP contribution < -0.4 is 15.5 Å². The number of nitrogens with zero attached hydrogens (tertiary/aromatic N) is 2. The summed E-state index contributed by atoms with van der Waals surface area (Å²) >= 11 is 0. The second-order valence-corrected chi connectivity index (χ2v) is 13.6. The van der Waals surface area contributed by atoms with Gasteiger partial charge in [-0.3, -0.25) is 19.5 Å². The highest BCUT2D eigenvalue weighted by molar-refractivity contribution is 8.45. The fourth-order valence-electron chi connectivity index (χ4n) is 5.24. The summed E-state index contributed by atoms with van der Waals surface area (Å²) in [4.78, 5) is 30.7. The topological polar surface area (TPSA) is 94.6 Å². The first-order valence-corrected chi connectivity index (χ1v) is 14.8. The summed E-state index contributed by atoms with van der Waals surface area (Å²) in [7, 11) is -10.1. The molecule has 15 heteroatoms. The number of alkyl halides is 2. The number of carbonyl (C=O) groups is 2. The predicted molar refractivity (Wildman–Crippen MR) is 139 cm³/mol. The quantitative estimate of drug-likeness (QED) is 0.344. The minimum Gasteiger partial charge on any atom is -0.389 e. The van der Waals surface area contributed by atoms with E-state index in [1.807, 2.05) is 0 Å². The van der Waals surface area contributed by atoms with Gasteiger partial charge in [0.1, 0.15) is 4.90 Å². The summed E-state index contributed by atoms with van der Waals surface area (Å²) in [5.41, 5.74) is -3.55. The molecule has 1 aromatic heterocycles.